The maximum absolute atomic E-state index is 4.68. The van der Waals surface area contributed by atoms with Gasteiger partial charge in [-0.15, -0.1) is 0 Å². The van der Waals surface area contributed by atoms with Crippen LogP contribution in [0.25, 0.3) is 0 Å². The van der Waals surface area contributed by atoms with E-state index in [1.54, 1.807) is 0 Å². The Morgan fingerprint density at radius 3 is 2.35 bits per heavy atom. The second kappa shape index (κ2) is 6.57. The predicted molar refractivity (Wildman–Crippen MR) is 114 cm³/mol. The molecule has 0 N–H and O–H groups in total. The third-order valence-corrected chi connectivity index (χ3v) is 5.75. The molecule has 0 aromatic heterocycles. The zero-order valence-electron chi connectivity index (χ0n) is 17.3. The quantitative estimate of drug-likeness (QED) is 0.569. The molecule has 0 radical (unpaired) electrons. The molecule has 0 fully saturated rings. The van der Waals surface area contributed by atoms with Gasteiger partial charge in [0.05, 0.1) is 5.69 Å². The van der Waals surface area contributed by atoms with E-state index in [1.165, 1.54) is 28.8 Å². The first-order valence-electron chi connectivity index (χ1n) is 9.60. The standard InChI is InChI=1S/C24H32N2/c1-17-15-24(5,6)26(7)22-13-8-18(14-21(17)22)16-25-20-11-9-19(10-12-20)23(2,3)4/h8-14,16-17H,15H2,1-7H3. The van der Waals surface area contributed by atoms with Gasteiger partial charge in [-0.2, -0.15) is 0 Å². The molecule has 0 aliphatic carbocycles. The van der Waals surface area contributed by atoms with Crippen molar-refractivity contribution in [2.24, 2.45) is 4.99 Å². The SMILES string of the molecule is CC1CC(C)(C)N(C)c2ccc(C=Nc3ccc(C(C)(C)C)cc3)cc21. The van der Waals surface area contributed by atoms with Gasteiger partial charge in [-0.3, -0.25) is 4.99 Å². The van der Waals surface area contributed by atoms with Crippen LogP contribution in [0.5, 0.6) is 0 Å². The summed E-state index contributed by atoms with van der Waals surface area (Å²) < 4.78 is 0. The van der Waals surface area contributed by atoms with Crippen molar-refractivity contribution in [2.45, 2.75) is 64.8 Å². The number of benzene rings is 2. The number of hydrogen-bond donors (Lipinski definition) is 0. The Kier molecular flexibility index (Phi) is 4.72. The minimum absolute atomic E-state index is 0.177. The smallest absolute Gasteiger partial charge is 0.0630 e. The molecule has 2 aromatic rings. The Bertz CT molecular complexity index is 807. The molecule has 26 heavy (non-hydrogen) atoms. The van der Waals surface area contributed by atoms with Crippen LogP contribution in [0, 0.1) is 0 Å². The fraction of sp³-hybridized carbons (Fsp3) is 0.458. The van der Waals surface area contributed by atoms with Crippen LogP contribution in [-0.4, -0.2) is 18.8 Å². The Morgan fingerprint density at radius 2 is 1.73 bits per heavy atom. The lowest BCUT2D eigenvalue weighted by atomic mass is 9.80. The van der Waals surface area contributed by atoms with Gasteiger partial charge in [0.25, 0.3) is 0 Å². The van der Waals surface area contributed by atoms with E-state index in [9.17, 15) is 0 Å². The largest absolute Gasteiger partial charge is 0.369 e. The Morgan fingerprint density at radius 1 is 1.08 bits per heavy atom. The number of nitrogens with zero attached hydrogens (tertiary/aromatic N) is 2. The molecular formula is C24H32N2. The first-order chi connectivity index (χ1) is 12.1. The topological polar surface area (TPSA) is 15.6 Å². The molecule has 0 spiro atoms. The van der Waals surface area contributed by atoms with E-state index >= 15 is 0 Å². The van der Waals surface area contributed by atoms with E-state index in [0.717, 1.165) is 5.69 Å². The number of rotatable bonds is 2. The molecule has 1 unspecified atom stereocenters. The zero-order chi connectivity index (χ0) is 19.1. The highest BCUT2D eigenvalue weighted by molar-refractivity contribution is 5.83. The highest BCUT2D eigenvalue weighted by atomic mass is 15.2. The Hall–Kier alpha value is -2.09. The molecule has 0 bridgehead atoms. The van der Waals surface area contributed by atoms with Crippen molar-refractivity contribution < 1.29 is 0 Å². The first-order valence-corrected chi connectivity index (χ1v) is 9.60. The van der Waals surface area contributed by atoms with Crippen LogP contribution in [0.1, 0.15) is 70.6 Å². The third kappa shape index (κ3) is 3.70. The number of anilines is 1. The minimum atomic E-state index is 0.177. The van der Waals surface area contributed by atoms with Crippen LogP contribution >= 0.6 is 0 Å². The maximum Gasteiger partial charge on any atom is 0.0630 e. The van der Waals surface area contributed by atoms with E-state index in [4.69, 9.17) is 0 Å². The lowest BCUT2D eigenvalue weighted by Gasteiger charge is -2.45. The lowest BCUT2D eigenvalue weighted by molar-refractivity contribution is 0.395. The molecule has 1 aliphatic rings. The zero-order valence-corrected chi connectivity index (χ0v) is 17.3. The van der Waals surface area contributed by atoms with Crippen LogP contribution in [-0.2, 0) is 5.41 Å². The van der Waals surface area contributed by atoms with E-state index in [0.29, 0.717) is 5.92 Å². The van der Waals surface area contributed by atoms with Crippen LogP contribution in [0.15, 0.2) is 47.5 Å². The average Bonchev–Trinajstić information content (AvgIpc) is 2.57. The van der Waals surface area contributed by atoms with Crippen molar-refractivity contribution in [1.29, 1.82) is 0 Å². The highest BCUT2D eigenvalue weighted by Crippen LogP contribution is 2.42. The molecule has 0 saturated heterocycles. The van der Waals surface area contributed by atoms with Crippen LogP contribution < -0.4 is 4.90 Å². The van der Waals surface area contributed by atoms with E-state index in [2.05, 4.69) is 101 Å². The number of aliphatic imine (C=N–C) groups is 1. The summed E-state index contributed by atoms with van der Waals surface area (Å²) in [5, 5.41) is 0. The van der Waals surface area contributed by atoms with Gasteiger partial charge in [0.2, 0.25) is 0 Å². The fourth-order valence-corrected chi connectivity index (χ4v) is 3.87. The van der Waals surface area contributed by atoms with Crippen molar-refractivity contribution in [3.8, 4) is 0 Å². The molecule has 138 valence electrons. The molecular weight excluding hydrogens is 316 g/mol. The fourth-order valence-electron chi connectivity index (χ4n) is 3.87. The minimum Gasteiger partial charge on any atom is -0.369 e. The van der Waals surface area contributed by atoms with Crippen molar-refractivity contribution in [3.63, 3.8) is 0 Å². The molecule has 1 aliphatic heterocycles. The van der Waals surface area contributed by atoms with Crippen molar-refractivity contribution in [2.75, 3.05) is 11.9 Å². The number of hydrogen-bond acceptors (Lipinski definition) is 2. The molecule has 2 aromatic carbocycles. The highest BCUT2D eigenvalue weighted by Gasteiger charge is 2.33. The summed E-state index contributed by atoms with van der Waals surface area (Å²) in [6.07, 6.45) is 3.16. The first kappa shape index (κ1) is 18.7. The van der Waals surface area contributed by atoms with Gasteiger partial charge in [0, 0.05) is 24.5 Å². The van der Waals surface area contributed by atoms with Gasteiger partial charge in [-0.1, -0.05) is 45.9 Å². The molecule has 0 amide bonds. The van der Waals surface area contributed by atoms with Crippen LogP contribution in [0.3, 0.4) is 0 Å². The molecule has 2 heteroatoms. The van der Waals surface area contributed by atoms with Gasteiger partial charge in [0.1, 0.15) is 0 Å². The second-order valence-electron chi connectivity index (χ2n) is 9.35. The van der Waals surface area contributed by atoms with Crippen molar-refractivity contribution >= 4 is 17.6 Å². The average molecular weight is 349 g/mol. The summed E-state index contributed by atoms with van der Waals surface area (Å²) >= 11 is 0. The van der Waals surface area contributed by atoms with Crippen molar-refractivity contribution in [3.05, 3.63) is 59.2 Å². The Balaban J connectivity index is 1.83. The maximum atomic E-state index is 4.68. The van der Waals surface area contributed by atoms with Gasteiger partial charge < -0.3 is 4.90 Å². The summed E-state index contributed by atoms with van der Waals surface area (Å²) in [5.41, 5.74) is 6.67. The summed E-state index contributed by atoms with van der Waals surface area (Å²) in [7, 11) is 2.20. The van der Waals surface area contributed by atoms with Gasteiger partial charge in [-0.25, -0.2) is 0 Å². The normalized spacial score (nSPS) is 19.7. The Labute approximate surface area is 159 Å². The van der Waals surface area contributed by atoms with E-state index < -0.39 is 0 Å². The van der Waals surface area contributed by atoms with Crippen LogP contribution in [0.2, 0.25) is 0 Å². The molecule has 2 nitrogen and oxygen atoms in total. The summed E-state index contributed by atoms with van der Waals surface area (Å²) in [6, 6.07) is 15.3. The van der Waals surface area contributed by atoms with Crippen molar-refractivity contribution in [1.82, 2.24) is 0 Å². The molecule has 1 atom stereocenters. The summed E-state index contributed by atoms with van der Waals surface area (Å²) in [4.78, 5) is 7.09. The van der Waals surface area contributed by atoms with Gasteiger partial charge in [0.15, 0.2) is 0 Å². The third-order valence-electron chi connectivity index (χ3n) is 5.75. The molecule has 3 rings (SSSR count). The van der Waals surface area contributed by atoms with Gasteiger partial charge >= 0.3 is 0 Å². The summed E-state index contributed by atoms with van der Waals surface area (Å²) in [5.74, 6) is 0.565. The molecule has 0 saturated carbocycles. The van der Waals surface area contributed by atoms with E-state index in [1.807, 2.05) is 6.21 Å². The number of fused-ring (bicyclic) bond motifs is 1. The molecule has 1 heterocycles. The second-order valence-corrected chi connectivity index (χ2v) is 9.35. The van der Waals surface area contributed by atoms with Crippen LogP contribution in [0.4, 0.5) is 11.4 Å². The monoisotopic (exact) mass is 348 g/mol. The lowest BCUT2D eigenvalue weighted by Crippen LogP contribution is -2.45. The van der Waals surface area contributed by atoms with E-state index in [-0.39, 0.29) is 11.0 Å². The summed E-state index contributed by atoms with van der Waals surface area (Å²) in [6.45, 7) is 13.7. The predicted octanol–water partition coefficient (Wildman–Crippen LogP) is 6.46. The van der Waals surface area contributed by atoms with Gasteiger partial charge in [-0.05, 0) is 72.6 Å².